The molecule has 1 fully saturated rings. The van der Waals surface area contributed by atoms with Crippen molar-refractivity contribution in [3.8, 4) is 5.88 Å². The van der Waals surface area contributed by atoms with Gasteiger partial charge in [-0.15, -0.1) is 0 Å². The number of nitrogens with zero attached hydrogens (tertiary/aromatic N) is 4. The first kappa shape index (κ1) is 16.4. The Balaban J connectivity index is 1.47. The summed E-state index contributed by atoms with van der Waals surface area (Å²) < 4.78 is 11.9. The van der Waals surface area contributed by atoms with E-state index in [1.54, 1.807) is 12.4 Å². The van der Waals surface area contributed by atoms with Crippen LogP contribution in [0, 0.1) is 5.92 Å². The predicted molar refractivity (Wildman–Crippen MR) is 88.3 cm³/mol. The Morgan fingerprint density at radius 1 is 1.22 bits per heavy atom. The van der Waals surface area contributed by atoms with E-state index in [0.29, 0.717) is 34.8 Å². The van der Waals surface area contributed by atoms with E-state index < -0.39 is 0 Å². The van der Waals surface area contributed by atoms with Crippen molar-refractivity contribution < 1.29 is 9.26 Å². The largest absolute Gasteiger partial charge is 0.476 e. The van der Waals surface area contributed by atoms with E-state index in [1.807, 2.05) is 0 Å². The third-order valence-electron chi connectivity index (χ3n) is 4.23. The Kier molecular flexibility index (Phi) is 5.25. The molecule has 2 aromatic heterocycles. The van der Waals surface area contributed by atoms with Crippen LogP contribution in [-0.4, -0.2) is 26.7 Å². The van der Waals surface area contributed by atoms with Crippen molar-refractivity contribution in [2.24, 2.45) is 5.92 Å². The molecule has 0 aromatic carbocycles. The van der Waals surface area contributed by atoms with Gasteiger partial charge in [-0.2, -0.15) is 4.98 Å². The zero-order valence-electron chi connectivity index (χ0n) is 13.4. The van der Waals surface area contributed by atoms with Gasteiger partial charge in [0.15, 0.2) is 5.82 Å². The van der Waals surface area contributed by atoms with E-state index in [-0.39, 0.29) is 0 Å². The van der Waals surface area contributed by atoms with Crippen LogP contribution in [0.1, 0.15) is 63.1 Å². The first-order valence-electron chi connectivity index (χ1n) is 8.05. The van der Waals surface area contributed by atoms with Gasteiger partial charge in [0.2, 0.25) is 11.8 Å². The maximum atomic E-state index is 5.73. The minimum atomic E-state index is 0.309. The lowest BCUT2D eigenvalue weighted by Crippen LogP contribution is -2.19. The average Bonchev–Trinajstić information content (AvgIpc) is 3.05. The standard InChI is InChI=1S/C16H21BrN4O2/c1-10(2)15-20-16(23-21-15)12-5-3-11(4-6-12)9-22-14-8-18-13(17)7-19-14/h7-8,10-12H,3-6,9H2,1-2H3. The molecule has 0 bridgehead atoms. The maximum absolute atomic E-state index is 5.73. The molecule has 23 heavy (non-hydrogen) atoms. The van der Waals surface area contributed by atoms with E-state index in [4.69, 9.17) is 9.26 Å². The minimum Gasteiger partial charge on any atom is -0.476 e. The fourth-order valence-corrected chi connectivity index (χ4v) is 3.01. The second-order valence-electron chi connectivity index (χ2n) is 6.35. The molecular weight excluding hydrogens is 360 g/mol. The molecule has 0 spiro atoms. The Bertz CT molecular complexity index is 621. The molecule has 0 amide bonds. The van der Waals surface area contributed by atoms with Gasteiger partial charge in [-0.1, -0.05) is 19.0 Å². The average molecular weight is 381 g/mol. The van der Waals surface area contributed by atoms with Gasteiger partial charge in [0.25, 0.3) is 0 Å². The van der Waals surface area contributed by atoms with Crippen LogP contribution in [-0.2, 0) is 0 Å². The second kappa shape index (κ2) is 7.38. The van der Waals surface area contributed by atoms with Crippen LogP contribution in [0.3, 0.4) is 0 Å². The van der Waals surface area contributed by atoms with Crippen molar-refractivity contribution in [3.05, 3.63) is 28.7 Å². The van der Waals surface area contributed by atoms with E-state index in [2.05, 4.69) is 49.9 Å². The minimum absolute atomic E-state index is 0.309. The smallest absolute Gasteiger partial charge is 0.232 e. The number of hydrogen-bond donors (Lipinski definition) is 0. The fraction of sp³-hybridized carbons (Fsp3) is 0.625. The van der Waals surface area contributed by atoms with E-state index >= 15 is 0 Å². The first-order valence-corrected chi connectivity index (χ1v) is 8.85. The molecular formula is C16H21BrN4O2. The van der Waals surface area contributed by atoms with Gasteiger partial charge in [-0.3, -0.25) is 0 Å². The van der Waals surface area contributed by atoms with Gasteiger partial charge >= 0.3 is 0 Å². The van der Waals surface area contributed by atoms with Crippen molar-refractivity contribution in [3.63, 3.8) is 0 Å². The summed E-state index contributed by atoms with van der Waals surface area (Å²) in [5.41, 5.74) is 0. The molecule has 124 valence electrons. The maximum Gasteiger partial charge on any atom is 0.232 e. The summed E-state index contributed by atoms with van der Waals surface area (Å²) in [5.74, 6) is 3.42. The monoisotopic (exact) mass is 380 g/mol. The molecule has 1 aliphatic rings. The molecule has 2 aromatic rings. The third-order valence-corrected chi connectivity index (χ3v) is 4.64. The molecule has 3 rings (SSSR count). The zero-order valence-corrected chi connectivity index (χ0v) is 15.0. The summed E-state index contributed by atoms with van der Waals surface area (Å²) in [6.07, 6.45) is 7.64. The van der Waals surface area contributed by atoms with Crippen LogP contribution >= 0.6 is 15.9 Å². The molecule has 0 atom stereocenters. The molecule has 6 nitrogen and oxygen atoms in total. The summed E-state index contributed by atoms with van der Waals surface area (Å²) >= 11 is 3.26. The summed E-state index contributed by atoms with van der Waals surface area (Å²) in [4.78, 5) is 12.8. The number of ether oxygens (including phenoxy) is 1. The molecule has 0 unspecified atom stereocenters. The second-order valence-corrected chi connectivity index (χ2v) is 7.16. The van der Waals surface area contributed by atoms with Crippen molar-refractivity contribution in [2.75, 3.05) is 6.61 Å². The predicted octanol–water partition coefficient (Wildman–Crippen LogP) is 4.10. The van der Waals surface area contributed by atoms with E-state index in [0.717, 1.165) is 37.4 Å². The van der Waals surface area contributed by atoms with Gasteiger partial charge < -0.3 is 9.26 Å². The summed E-state index contributed by atoms with van der Waals surface area (Å²) in [6, 6.07) is 0. The van der Waals surface area contributed by atoms with Crippen molar-refractivity contribution in [2.45, 2.75) is 51.4 Å². The lowest BCUT2D eigenvalue weighted by atomic mass is 9.82. The molecule has 0 aliphatic heterocycles. The first-order chi connectivity index (χ1) is 11.1. The highest BCUT2D eigenvalue weighted by molar-refractivity contribution is 9.10. The van der Waals surface area contributed by atoms with Crippen molar-refractivity contribution in [1.29, 1.82) is 0 Å². The summed E-state index contributed by atoms with van der Waals surface area (Å²) in [7, 11) is 0. The van der Waals surface area contributed by atoms with Crippen LogP contribution in [0.25, 0.3) is 0 Å². The molecule has 0 radical (unpaired) electrons. The van der Waals surface area contributed by atoms with Gasteiger partial charge in [0, 0.05) is 11.8 Å². The molecule has 2 heterocycles. The number of hydrogen-bond acceptors (Lipinski definition) is 6. The van der Waals surface area contributed by atoms with Crippen LogP contribution in [0.5, 0.6) is 5.88 Å². The Morgan fingerprint density at radius 3 is 2.61 bits per heavy atom. The van der Waals surface area contributed by atoms with Crippen LogP contribution in [0.2, 0.25) is 0 Å². The van der Waals surface area contributed by atoms with Crippen LogP contribution in [0.15, 0.2) is 21.5 Å². The molecule has 1 aliphatic carbocycles. The highest BCUT2D eigenvalue weighted by Crippen LogP contribution is 2.35. The van der Waals surface area contributed by atoms with Gasteiger partial charge in [-0.05, 0) is 47.5 Å². The fourth-order valence-electron chi connectivity index (χ4n) is 2.80. The van der Waals surface area contributed by atoms with Crippen molar-refractivity contribution in [1.82, 2.24) is 20.1 Å². The number of aromatic nitrogens is 4. The zero-order chi connectivity index (χ0) is 16.2. The SMILES string of the molecule is CC(C)c1noc(C2CCC(COc3cnc(Br)cn3)CC2)n1. The lowest BCUT2D eigenvalue weighted by molar-refractivity contribution is 0.184. The van der Waals surface area contributed by atoms with Gasteiger partial charge in [0.05, 0.1) is 19.0 Å². The number of rotatable bonds is 5. The lowest BCUT2D eigenvalue weighted by Gasteiger charge is -2.26. The summed E-state index contributed by atoms with van der Waals surface area (Å²) in [6.45, 7) is 4.84. The molecule has 0 N–H and O–H groups in total. The normalized spacial score (nSPS) is 21.6. The molecule has 0 saturated heterocycles. The molecule has 7 heteroatoms. The van der Waals surface area contributed by atoms with Gasteiger partial charge in [0.1, 0.15) is 4.60 Å². The summed E-state index contributed by atoms with van der Waals surface area (Å²) in [5, 5.41) is 4.06. The van der Waals surface area contributed by atoms with Crippen LogP contribution in [0.4, 0.5) is 0 Å². The Morgan fingerprint density at radius 2 is 2.00 bits per heavy atom. The van der Waals surface area contributed by atoms with Gasteiger partial charge in [-0.25, -0.2) is 9.97 Å². The quantitative estimate of drug-likeness (QED) is 0.777. The number of halogens is 1. The topological polar surface area (TPSA) is 73.9 Å². The van der Waals surface area contributed by atoms with E-state index in [1.165, 1.54) is 0 Å². The van der Waals surface area contributed by atoms with Crippen LogP contribution < -0.4 is 4.74 Å². The third kappa shape index (κ3) is 4.28. The Hall–Kier alpha value is -1.50. The highest BCUT2D eigenvalue weighted by atomic mass is 79.9. The van der Waals surface area contributed by atoms with Crippen molar-refractivity contribution >= 4 is 15.9 Å². The molecule has 1 saturated carbocycles. The Labute approximate surface area is 144 Å². The van der Waals surface area contributed by atoms with E-state index in [9.17, 15) is 0 Å². The highest BCUT2D eigenvalue weighted by Gasteiger charge is 2.27.